The summed E-state index contributed by atoms with van der Waals surface area (Å²) in [5.74, 6) is -1.64. The van der Waals surface area contributed by atoms with Crippen LogP contribution in [0.25, 0.3) is 0 Å². The minimum atomic E-state index is -1.15. The number of nitrogens with zero attached hydrogens (tertiary/aromatic N) is 3. The Labute approximate surface area is 148 Å². The molecule has 1 amide bonds. The van der Waals surface area contributed by atoms with Crippen molar-refractivity contribution in [3.8, 4) is 0 Å². The lowest BCUT2D eigenvalue weighted by Gasteiger charge is -2.46. The lowest BCUT2D eigenvalue weighted by Crippen LogP contribution is -2.63. The van der Waals surface area contributed by atoms with E-state index in [0.29, 0.717) is 16.4 Å². The number of amides is 1. The Bertz CT molecular complexity index is 761. The van der Waals surface area contributed by atoms with Gasteiger partial charge in [-0.25, -0.2) is 9.78 Å². The number of hydrogen-bond acceptors (Lipinski definition) is 8. The van der Waals surface area contributed by atoms with E-state index in [1.165, 1.54) is 16.7 Å². The first-order chi connectivity index (χ1) is 11.7. The van der Waals surface area contributed by atoms with Gasteiger partial charge in [0.15, 0.2) is 0 Å². The maximum absolute atomic E-state index is 12.3. The molecule has 25 heavy (non-hydrogen) atoms. The van der Waals surface area contributed by atoms with Crippen molar-refractivity contribution in [1.29, 1.82) is 0 Å². The van der Waals surface area contributed by atoms with Gasteiger partial charge in [0.2, 0.25) is 11.9 Å². The summed E-state index contributed by atoms with van der Waals surface area (Å²) >= 11 is 1.28. The second-order valence-corrected chi connectivity index (χ2v) is 7.21. The van der Waals surface area contributed by atoms with Gasteiger partial charge in [-0.1, -0.05) is 6.92 Å². The number of thioether (sulfide) groups is 1. The third kappa shape index (κ3) is 2.81. The number of fused-ring (bicyclic) bond motifs is 1. The molecular formula is C15H19N5O4S. The first-order valence-electron chi connectivity index (χ1n) is 7.72. The summed E-state index contributed by atoms with van der Waals surface area (Å²) in [6, 6.07) is 1.23. The van der Waals surface area contributed by atoms with Crippen molar-refractivity contribution in [3.63, 3.8) is 0 Å². The highest BCUT2D eigenvalue weighted by Gasteiger charge is 2.59. The van der Waals surface area contributed by atoms with Crippen molar-refractivity contribution < 1.29 is 19.8 Å². The fourth-order valence-corrected chi connectivity index (χ4v) is 4.59. The van der Waals surface area contributed by atoms with Crippen LogP contribution in [0, 0.1) is 11.8 Å². The maximum Gasteiger partial charge on any atom is 0.352 e. The quantitative estimate of drug-likeness (QED) is 0.318. The van der Waals surface area contributed by atoms with E-state index in [-0.39, 0.29) is 35.3 Å². The Hall–Kier alpha value is -2.33. The monoisotopic (exact) mass is 365 g/mol. The van der Waals surface area contributed by atoms with Crippen molar-refractivity contribution in [2.24, 2.45) is 11.8 Å². The zero-order valence-electron chi connectivity index (χ0n) is 13.7. The van der Waals surface area contributed by atoms with Gasteiger partial charge in [-0.15, -0.1) is 11.8 Å². The zero-order valence-corrected chi connectivity index (χ0v) is 14.5. The minimum absolute atomic E-state index is 0.00176. The Balaban J connectivity index is 1.86. The number of rotatable bonds is 5. The van der Waals surface area contributed by atoms with Gasteiger partial charge in [0.1, 0.15) is 16.5 Å². The molecule has 3 heterocycles. The number of nitrogen functional groups attached to an aromatic ring is 2. The van der Waals surface area contributed by atoms with Crippen molar-refractivity contribution in [1.82, 2.24) is 14.9 Å². The van der Waals surface area contributed by atoms with Crippen LogP contribution in [0.1, 0.15) is 13.8 Å². The van der Waals surface area contributed by atoms with E-state index in [2.05, 4.69) is 9.97 Å². The fourth-order valence-electron chi connectivity index (χ4n) is 3.52. The Morgan fingerprint density at radius 1 is 1.44 bits per heavy atom. The SMILES string of the molecule is C[C@@H](O)C1C(=O)N2C(C(=O)O)=C(CSc3cc(N)nc(N)n3)[C@H](C)C12. The molecule has 0 aliphatic carbocycles. The number of aliphatic hydroxyl groups excluding tert-OH is 1. The number of carboxylic acids is 1. The van der Waals surface area contributed by atoms with Gasteiger partial charge < -0.3 is 26.6 Å². The van der Waals surface area contributed by atoms with E-state index in [1.54, 1.807) is 13.0 Å². The predicted octanol–water partition coefficient (Wildman–Crippen LogP) is -0.0707. The van der Waals surface area contributed by atoms with Crippen LogP contribution in [0.4, 0.5) is 11.8 Å². The number of hydrogen-bond donors (Lipinski definition) is 4. The van der Waals surface area contributed by atoms with Crippen molar-refractivity contribution in [3.05, 3.63) is 17.3 Å². The van der Waals surface area contributed by atoms with E-state index in [4.69, 9.17) is 11.5 Å². The van der Waals surface area contributed by atoms with E-state index < -0.39 is 18.0 Å². The average molecular weight is 365 g/mol. The molecule has 9 nitrogen and oxygen atoms in total. The van der Waals surface area contributed by atoms with Gasteiger partial charge >= 0.3 is 5.97 Å². The van der Waals surface area contributed by atoms with E-state index >= 15 is 0 Å². The summed E-state index contributed by atoms with van der Waals surface area (Å²) in [7, 11) is 0. The highest BCUT2D eigenvalue weighted by molar-refractivity contribution is 7.99. The molecule has 0 aromatic carbocycles. The predicted molar refractivity (Wildman–Crippen MR) is 91.2 cm³/mol. The van der Waals surface area contributed by atoms with Crippen LogP contribution in [0.15, 0.2) is 22.4 Å². The molecule has 1 saturated heterocycles. The average Bonchev–Trinajstić information content (AvgIpc) is 2.73. The molecule has 0 radical (unpaired) electrons. The van der Waals surface area contributed by atoms with Crippen LogP contribution in [0.3, 0.4) is 0 Å². The molecule has 0 spiro atoms. The van der Waals surface area contributed by atoms with Gasteiger partial charge in [-0.05, 0) is 12.5 Å². The van der Waals surface area contributed by atoms with Gasteiger partial charge in [0.05, 0.1) is 18.1 Å². The molecule has 134 valence electrons. The third-order valence-electron chi connectivity index (χ3n) is 4.63. The number of nitrogens with two attached hydrogens (primary N) is 2. The van der Waals surface area contributed by atoms with Crippen molar-refractivity contribution >= 4 is 35.4 Å². The molecule has 4 atom stereocenters. The van der Waals surface area contributed by atoms with Gasteiger partial charge in [-0.3, -0.25) is 4.79 Å². The standard InChI is InChI=1S/C15H19N5O4S/c1-5-7(4-25-9-3-8(16)18-15(17)19-9)12(14(23)24)20-11(5)10(6(2)21)13(20)22/h3,5-6,10-11,21H,4H2,1-2H3,(H,23,24)(H4,16,17,18,19)/t5-,6+,10?,11?/m0/s1. The Kier molecular flexibility index (Phi) is 4.33. The van der Waals surface area contributed by atoms with E-state index in [0.717, 1.165) is 0 Å². The summed E-state index contributed by atoms with van der Waals surface area (Å²) in [6.07, 6.45) is -0.820. The second kappa shape index (κ2) is 6.19. The van der Waals surface area contributed by atoms with Crippen molar-refractivity contribution in [2.75, 3.05) is 17.2 Å². The molecule has 2 aliphatic rings. The molecule has 2 aliphatic heterocycles. The molecule has 1 fully saturated rings. The van der Waals surface area contributed by atoms with Gasteiger partial charge in [0, 0.05) is 17.7 Å². The molecule has 3 rings (SSSR count). The number of carbonyl (C=O) groups excluding carboxylic acids is 1. The third-order valence-corrected chi connectivity index (χ3v) is 5.59. The molecule has 10 heteroatoms. The van der Waals surface area contributed by atoms with E-state index in [1.807, 2.05) is 6.92 Å². The first-order valence-corrected chi connectivity index (χ1v) is 8.71. The Morgan fingerprint density at radius 3 is 2.68 bits per heavy atom. The summed E-state index contributed by atoms with van der Waals surface area (Å²) < 4.78 is 0. The van der Waals surface area contributed by atoms with Crippen LogP contribution < -0.4 is 11.5 Å². The van der Waals surface area contributed by atoms with Crippen LogP contribution in [0.5, 0.6) is 0 Å². The minimum Gasteiger partial charge on any atom is -0.477 e. The van der Waals surface area contributed by atoms with Gasteiger partial charge in [0.25, 0.3) is 0 Å². The molecule has 0 bridgehead atoms. The molecule has 0 saturated carbocycles. The number of aliphatic hydroxyl groups is 1. The number of aromatic nitrogens is 2. The van der Waals surface area contributed by atoms with Crippen LogP contribution in [0.2, 0.25) is 0 Å². The summed E-state index contributed by atoms with van der Waals surface area (Å²) in [5.41, 5.74) is 11.8. The van der Waals surface area contributed by atoms with E-state index in [9.17, 15) is 19.8 Å². The van der Waals surface area contributed by atoms with Crippen LogP contribution in [-0.4, -0.2) is 54.9 Å². The number of aliphatic carboxylic acids is 1. The Morgan fingerprint density at radius 2 is 2.12 bits per heavy atom. The molecule has 1 aromatic heterocycles. The van der Waals surface area contributed by atoms with Crippen LogP contribution >= 0.6 is 11.8 Å². The topological polar surface area (TPSA) is 156 Å². The molecule has 6 N–H and O–H groups in total. The molecular weight excluding hydrogens is 346 g/mol. The second-order valence-electron chi connectivity index (χ2n) is 6.21. The highest BCUT2D eigenvalue weighted by atomic mass is 32.2. The normalized spacial score (nSPS) is 26.4. The fraction of sp³-hybridized carbons (Fsp3) is 0.467. The van der Waals surface area contributed by atoms with Crippen LogP contribution in [-0.2, 0) is 9.59 Å². The number of carboxylic acid groups (broad SMARTS) is 1. The lowest BCUT2D eigenvalue weighted by atomic mass is 9.78. The lowest BCUT2D eigenvalue weighted by molar-refractivity contribution is -0.163. The maximum atomic E-state index is 12.3. The number of β-lactam (4-membered cyclic amide) rings is 1. The molecule has 1 aromatic rings. The largest absolute Gasteiger partial charge is 0.477 e. The molecule has 2 unspecified atom stereocenters. The number of anilines is 2. The zero-order chi connectivity index (χ0) is 18.5. The van der Waals surface area contributed by atoms with Crippen molar-refractivity contribution in [2.45, 2.75) is 31.0 Å². The van der Waals surface area contributed by atoms with Gasteiger partial charge in [-0.2, -0.15) is 4.98 Å². The first kappa shape index (κ1) is 17.5. The number of carbonyl (C=O) groups is 2. The summed E-state index contributed by atoms with van der Waals surface area (Å²) in [6.45, 7) is 3.42. The highest BCUT2D eigenvalue weighted by Crippen LogP contribution is 2.48. The summed E-state index contributed by atoms with van der Waals surface area (Å²) in [4.78, 5) is 33.1. The summed E-state index contributed by atoms with van der Waals surface area (Å²) in [5, 5.41) is 19.9. The smallest absolute Gasteiger partial charge is 0.352 e.